The molecule has 4 nitrogen and oxygen atoms in total. The third kappa shape index (κ3) is 2.93. The molecule has 1 heterocycles. The molecule has 5 heteroatoms. The normalized spacial score (nSPS) is 14.0. The van der Waals surface area contributed by atoms with Crippen molar-refractivity contribution in [1.82, 2.24) is 4.98 Å². The molecule has 18 heavy (non-hydrogen) atoms. The summed E-state index contributed by atoms with van der Waals surface area (Å²) in [7, 11) is 0. The van der Waals surface area contributed by atoms with Crippen molar-refractivity contribution in [3.05, 3.63) is 22.8 Å². The number of carboxylic acids is 1. The van der Waals surface area contributed by atoms with Crippen LogP contribution in [0.5, 0.6) is 0 Å². The molecule has 0 saturated heterocycles. The number of nitrogens with zero attached hydrogens (tertiary/aromatic N) is 2. The molecule has 1 aliphatic rings. The van der Waals surface area contributed by atoms with Gasteiger partial charge < -0.3 is 10.0 Å². The first-order valence-electron chi connectivity index (χ1n) is 5.70. The predicted molar refractivity (Wildman–Crippen MR) is 70.0 cm³/mol. The summed E-state index contributed by atoms with van der Waals surface area (Å²) in [5.41, 5.74) is -0.132. The fourth-order valence-electron chi connectivity index (χ4n) is 1.72. The number of pyridine rings is 1. The number of rotatable bonds is 5. The van der Waals surface area contributed by atoms with Crippen molar-refractivity contribution >= 4 is 23.4 Å². The molecule has 1 aromatic rings. The van der Waals surface area contributed by atoms with Gasteiger partial charge in [-0.2, -0.15) is 0 Å². The molecule has 0 spiro atoms. The maximum Gasteiger partial charge on any atom is 0.356 e. The zero-order valence-electron chi connectivity index (χ0n) is 9.77. The number of aromatic carboxylic acids is 1. The Labute approximate surface area is 111 Å². The van der Waals surface area contributed by atoms with Gasteiger partial charge in [-0.25, -0.2) is 9.78 Å². The Morgan fingerprint density at radius 2 is 2.33 bits per heavy atom. The number of hydrogen-bond acceptors (Lipinski definition) is 3. The molecule has 0 amide bonds. The number of carboxylic acid groups (broad SMARTS) is 1. The molecular formula is C13H13ClN2O2. The number of terminal acetylenes is 1. The first-order valence-corrected chi connectivity index (χ1v) is 6.08. The minimum Gasteiger partial charge on any atom is -0.476 e. The van der Waals surface area contributed by atoms with Crippen molar-refractivity contribution in [3.63, 3.8) is 0 Å². The topological polar surface area (TPSA) is 53.4 Å². The van der Waals surface area contributed by atoms with E-state index in [9.17, 15) is 4.79 Å². The predicted octanol–water partition coefficient (Wildman–Crippen LogP) is 2.28. The Hall–Kier alpha value is -1.73. The second-order valence-corrected chi connectivity index (χ2v) is 4.74. The van der Waals surface area contributed by atoms with Gasteiger partial charge >= 0.3 is 5.97 Å². The highest BCUT2D eigenvalue weighted by molar-refractivity contribution is 6.33. The molecule has 0 aliphatic heterocycles. The quantitative estimate of drug-likeness (QED) is 0.829. The van der Waals surface area contributed by atoms with E-state index >= 15 is 0 Å². The lowest BCUT2D eigenvalue weighted by atomic mass is 10.3. The third-order valence-electron chi connectivity index (χ3n) is 2.82. The summed E-state index contributed by atoms with van der Waals surface area (Å²) in [6.07, 6.45) is 7.72. The summed E-state index contributed by atoms with van der Waals surface area (Å²) in [5.74, 6) is 2.65. The van der Waals surface area contributed by atoms with Crippen LogP contribution in [0.2, 0.25) is 5.02 Å². The van der Waals surface area contributed by atoms with Crippen LogP contribution in [0.15, 0.2) is 12.1 Å². The monoisotopic (exact) mass is 264 g/mol. The van der Waals surface area contributed by atoms with Gasteiger partial charge in [-0.3, -0.25) is 0 Å². The highest BCUT2D eigenvalue weighted by atomic mass is 35.5. The smallest absolute Gasteiger partial charge is 0.356 e. The summed E-state index contributed by atoms with van der Waals surface area (Å²) in [6.45, 7) is 1.24. The van der Waals surface area contributed by atoms with E-state index in [2.05, 4.69) is 10.9 Å². The second kappa shape index (κ2) is 5.28. The Bertz CT molecular complexity index is 506. The van der Waals surface area contributed by atoms with Crippen LogP contribution in [0.3, 0.4) is 0 Å². The van der Waals surface area contributed by atoms with Crippen LogP contribution in [0, 0.1) is 18.3 Å². The average Bonchev–Trinajstić information content (AvgIpc) is 3.13. The Morgan fingerprint density at radius 3 is 2.89 bits per heavy atom. The SMILES string of the molecule is C#CCN(CC1CC1)c1ccc(Cl)c(C(=O)O)n1. The largest absolute Gasteiger partial charge is 0.476 e. The fraction of sp³-hybridized carbons (Fsp3) is 0.385. The van der Waals surface area contributed by atoms with E-state index in [-0.39, 0.29) is 10.7 Å². The van der Waals surface area contributed by atoms with E-state index in [0.717, 1.165) is 6.54 Å². The van der Waals surface area contributed by atoms with E-state index in [4.69, 9.17) is 23.1 Å². The summed E-state index contributed by atoms with van der Waals surface area (Å²) in [5, 5.41) is 9.13. The van der Waals surface area contributed by atoms with E-state index in [1.165, 1.54) is 12.8 Å². The molecule has 1 aliphatic carbocycles. The number of halogens is 1. The molecule has 1 fully saturated rings. The summed E-state index contributed by atoms with van der Waals surface area (Å²) in [4.78, 5) is 17.0. The van der Waals surface area contributed by atoms with Gasteiger partial charge in [0.15, 0.2) is 5.69 Å². The van der Waals surface area contributed by atoms with Crippen molar-refractivity contribution in [2.24, 2.45) is 5.92 Å². The van der Waals surface area contributed by atoms with Crippen molar-refractivity contribution in [1.29, 1.82) is 0 Å². The summed E-state index contributed by atoms with van der Waals surface area (Å²) < 4.78 is 0. The molecule has 0 aromatic carbocycles. The molecular weight excluding hydrogens is 252 g/mol. The number of carbonyl (C=O) groups is 1. The van der Waals surface area contributed by atoms with Crippen LogP contribution >= 0.6 is 11.6 Å². The molecule has 94 valence electrons. The van der Waals surface area contributed by atoms with Gasteiger partial charge in [0.05, 0.1) is 11.6 Å². The lowest BCUT2D eigenvalue weighted by Crippen LogP contribution is -2.27. The van der Waals surface area contributed by atoms with Gasteiger partial charge in [-0.15, -0.1) is 6.42 Å². The maximum atomic E-state index is 11.0. The summed E-state index contributed by atoms with van der Waals surface area (Å²) >= 11 is 5.79. The maximum absolute atomic E-state index is 11.0. The zero-order chi connectivity index (χ0) is 13.1. The lowest BCUT2D eigenvalue weighted by molar-refractivity contribution is 0.0691. The van der Waals surface area contributed by atoms with Crippen LogP contribution in [0.25, 0.3) is 0 Å². The van der Waals surface area contributed by atoms with Crippen molar-refractivity contribution < 1.29 is 9.90 Å². The van der Waals surface area contributed by atoms with E-state index in [0.29, 0.717) is 18.3 Å². The third-order valence-corrected chi connectivity index (χ3v) is 3.12. The van der Waals surface area contributed by atoms with Gasteiger partial charge in [0.25, 0.3) is 0 Å². The van der Waals surface area contributed by atoms with Gasteiger partial charge in [-0.1, -0.05) is 17.5 Å². The Balaban J connectivity index is 2.26. The van der Waals surface area contributed by atoms with Gasteiger partial charge in [-0.05, 0) is 30.9 Å². The first kappa shape index (κ1) is 12.7. The van der Waals surface area contributed by atoms with E-state index in [1.807, 2.05) is 4.90 Å². The van der Waals surface area contributed by atoms with E-state index < -0.39 is 5.97 Å². The molecule has 0 unspecified atom stereocenters. The highest BCUT2D eigenvalue weighted by Crippen LogP contribution is 2.31. The Kier molecular flexibility index (Phi) is 3.73. The number of aromatic nitrogens is 1. The van der Waals surface area contributed by atoms with E-state index in [1.54, 1.807) is 12.1 Å². The fourth-order valence-corrected chi connectivity index (χ4v) is 1.91. The van der Waals surface area contributed by atoms with Gasteiger partial charge in [0.2, 0.25) is 0 Å². The highest BCUT2D eigenvalue weighted by Gasteiger charge is 2.25. The molecule has 0 radical (unpaired) electrons. The number of anilines is 1. The van der Waals surface area contributed by atoms with Crippen LogP contribution in [0.4, 0.5) is 5.82 Å². The van der Waals surface area contributed by atoms with Crippen LogP contribution in [0.1, 0.15) is 23.3 Å². The molecule has 2 rings (SSSR count). The number of hydrogen-bond donors (Lipinski definition) is 1. The molecule has 1 aromatic heterocycles. The zero-order valence-corrected chi connectivity index (χ0v) is 10.5. The average molecular weight is 265 g/mol. The van der Waals surface area contributed by atoms with Crippen LogP contribution in [-0.2, 0) is 0 Å². The molecule has 0 bridgehead atoms. The van der Waals surface area contributed by atoms with Gasteiger partial charge in [0, 0.05) is 6.54 Å². The lowest BCUT2D eigenvalue weighted by Gasteiger charge is -2.21. The Morgan fingerprint density at radius 1 is 1.61 bits per heavy atom. The van der Waals surface area contributed by atoms with Crippen LogP contribution in [-0.4, -0.2) is 29.1 Å². The second-order valence-electron chi connectivity index (χ2n) is 4.33. The van der Waals surface area contributed by atoms with Crippen molar-refractivity contribution in [2.45, 2.75) is 12.8 Å². The standard InChI is InChI=1S/C13H13ClN2O2/c1-2-7-16(8-9-3-4-9)11-6-5-10(14)12(15-11)13(17)18/h1,5-6,9H,3-4,7-8H2,(H,17,18). The van der Waals surface area contributed by atoms with Crippen molar-refractivity contribution in [2.75, 3.05) is 18.0 Å². The molecule has 0 atom stereocenters. The van der Waals surface area contributed by atoms with Crippen LogP contribution < -0.4 is 4.90 Å². The summed E-state index contributed by atoms with van der Waals surface area (Å²) in [6, 6.07) is 3.25. The van der Waals surface area contributed by atoms with Gasteiger partial charge in [0.1, 0.15) is 5.82 Å². The molecule has 1 saturated carbocycles. The van der Waals surface area contributed by atoms with Crippen molar-refractivity contribution in [3.8, 4) is 12.3 Å². The molecule has 1 N–H and O–H groups in total. The minimum absolute atomic E-state index is 0.132. The minimum atomic E-state index is -1.13. The first-order chi connectivity index (χ1) is 8.61.